The van der Waals surface area contributed by atoms with Gasteiger partial charge in [0.05, 0.1) is 11.1 Å². The van der Waals surface area contributed by atoms with Gasteiger partial charge in [-0.1, -0.05) is 52.7 Å². The van der Waals surface area contributed by atoms with Gasteiger partial charge >= 0.3 is 0 Å². The van der Waals surface area contributed by atoms with Crippen molar-refractivity contribution in [1.82, 2.24) is 15.2 Å². The Kier molecular flexibility index (Phi) is 5.02. The first-order chi connectivity index (χ1) is 11.2. The molecule has 3 aromatic rings. The average molecular weight is 365 g/mol. The number of nitrogens with one attached hydrogen (secondary N) is 2. The lowest BCUT2D eigenvalue weighted by Crippen LogP contribution is -1.94. The molecule has 0 spiro atoms. The molecule has 2 N–H and O–H groups in total. The van der Waals surface area contributed by atoms with Crippen LogP contribution in [0.15, 0.2) is 47.6 Å². The molecule has 0 aliphatic rings. The van der Waals surface area contributed by atoms with Gasteiger partial charge in [-0.25, -0.2) is 4.98 Å². The molecular formula is C14H10Cl2N6S. The molecule has 0 saturated carbocycles. The molecule has 0 fully saturated rings. The minimum atomic E-state index is 0.321. The molecule has 0 saturated heterocycles. The maximum atomic E-state index is 6.11. The molecule has 23 heavy (non-hydrogen) atoms. The molecule has 0 amide bonds. The SMILES string of the molecule is Clc1ccc(N/N=C/c2sc(Nc3ccccc3)nc2Cl)nn1. The van der Waals surface area contributed by atoms with E-state index in [9.17, 15) is 0 Å². The summed E-state index contributed by atoms with van der Waals surface area (Å²) in [6, 6.07) is 13.0. The second kappa shape index (κ2) is 7.36. The molecule has 0 aliphatic heterocycles. The fraction of sp³-hybridized carbons (Fsp3) is 0. The maximum absolute atomic E-state index is 6.11. The van der Waals surface area contributed by atoms with Gasteiger partial charge in [-0.05, 0) is 24.3 Å². The lowest BCUT2D eigenvalue weighted by atomic mass is 10.3. The molecule has 0 aliphatic carbocycles. The van der Waals surface area contributed by atoms with Crippen LogP contribution in [0.5, 0.6) is 0 Å². The Bertz CT molecular complexity index is 804. The van der Waals surface area contributed by atoms with Crippen molar-refractivity contribution >= 4 is 57.4 Å². The van der Waals surface area contributed by atoms with Gasteiger partial charge < -0.3 is 5.32 Å². The van der Waals surface area contributed by atoms with Crippen molar-refractivity contribution < 1.29 is 0 Å². The number of halogens is 2. The summed E-state index contributed by atoms with van der Waals surface area (Å²) < 4.78 is 0. The summed E-state index contributed by atoms with van der Waals surface area (Å²) in [4.78, 5) is 4.97. The highest BCUT2D eigenvalue weighted by molar-refractivity contribution is 7.17. The molecule has 3 rings (SSSR count). The van der Waals surface area contributed by atoms with Gasteiger partial charge in [0.1, 0.15) is 0 Å². The van der Waals surface area contributed by atoms with Crippen LogP contribution in [0.2, 0.25) is 10.3 Å². The average Bonchev–Trinajstić information content (AvgIpc) is 2.90. The van der Waals surface area contributed by atoms with Crippen LogP contribution in [0.3, 0.4) is 0 Å². The van der Waals surface area contributed by atoms with E-state index in [0.29, 0.717) is 21.3 Å². The smallest absolute Gasteiger partial charge is 0.189 e. The molecule has 6 nitrogen and oxygen atoms in total. The third kappa shape index (κ3) is 4.38. The van der Waals surface area contributed by atoms with Crippen molar-refractivity contribution in [2.75, 3.05) is 10.7 Å². The summed E-state index contributed by atoms with van der Waals surface area (Å²) in [6.07, 6.45) is 1.58. The number of hydrogen-bond donors (Lipinski definition) is 2. The predicted octanol–water partition coefficient (Wildman–Crippen LogP) is 4.43. The number of para-hydroxylation sites is 1. The minimum Gasteiger partial charge on any atom is -0.331 e. The van der Waals surface area contributed by atoms with E-state index in [4.69, 9.17) is 23.2 Å². The van der Waals surface area contributed by atoms with Crippen LogP contribution < -0.4 is 10.7 Å². The minimum absolute atomic E-state index is 0.321. The number of benzene rings is 1. The first-order valence-corrected chi connectivity index (χ1v) is 8.04. The van der Waals surface area contributed by atoms with Crippen LogP contribution in [0.4, 0.5) is 16.6 Å². The Morgan fingerprint density at radius 3 is 2.61 bits per heavy atom. The number of thiazole rings is 1. The molecule has 0 unspecified atom stereocenters. The van der Waals surface area contributed by atoms with Crippen LogP contribution in [0.1, 0.15) is 4.88 Å². The third-order valence-corrected chi connectivity index (χ3v) is 4.13. The number of anilines is 3. The highest BCUT2D eigenvalue weighted by atomic mass is 35.5. The van der Waals surface area contributed by atoms with Crippen molar-refractivity contribution in [2.45, 2.75) is 0 Å². The largest absolute Gasteiger partial charge is 0.331 e. The molecule has 1 aromatic carbocycles. The standard InChI is InChI=1S/C14H10Cl2N6S/c15-11-6-7-12(22-20-11)21-17-8-10-13(16)19-14(23-10)18-9-4-2-1-3-5-9/h1-8H,(H,18,19)(H,21,22)/b17-8+. The maximum Gasteiger partial charge on any atom is 0.189 e. The van der Waals surface area contributed by atoms with Crippen molar-refractivity contribution in [1.29, 1.82) is 0 Å². The summed E-state index contributed by atoms with van der Waals surface area (Å²) >= 11 is 13.2. The molecule has 116 valence electrons. The van der Waals surface area contributed by atoms with E-state index >= 15 is 0 Å². The lowest BCUT2D eigenvalue weighted by Gasteiger charge is -1.99. The summed E-state index contributed by atoms with van der Waals surface area (Å²) in [5.41, 5.74) is 3.68. The van der Waals surface area contributed by atoms with Crippen LogP contribution in [-0.2, 0) is 0 Å². The van der Waals surface area contributed by atoms with Crippen molar-refractivity contribution in [2.24, 2.45) is 5.10 Å². The highest BCUT2D eigenvalue weighted by Crippen LogP contribution is 2.27. The van der Waals surface area contributed by atoms with E-state index in [1.165, 1.54) is 11.3 Å². The highest BCUT2D eigenvalue weighted by Gasteiger charge is 2.07. The van der Waals surface area contributed by atoms with E-state index in [0.717, 1.165) is 10.6 Å². The molecule has 0 atom stereocenters. The van der Waals surface area contributed by atoms with Crippen molar-refractivity contribution in [3.63, 3.8) is 0 Å². The van der Waals surface area contributed by atoms with Crippen LogP contribution >= 0.6 is 34.5 Å². The molecule has 0 radical (unpaired) electrons. The predicted molar refractivity (Wildman–Crippen MR) is 95.1 cm³/mol. The fourth-order valence-corrected chi connectivity index (χ4v) is 2.77. The van der Waals surface area contributed by atoms with E-state index in [1.54, 1.807) is 18.3 Å². The molecular weight excluding hydrogens is 355 g/mol. The van der Waals surface area contributed by atoms with Gasteiger partial charge in [0.2, 0.25) is 0 Å². The first kappa shape index (κ1) is 15.7. The lowest BCUT2D eigenvalue weighted by molar-refractivity contribution is 1.02. The van der Waals surface area contributed by atoms with Crippen LogP contribution in [0, 0.1) is 0 Å². The van der Waals surface area contributed by atoms with Gasteiger partial charge in [-0.15, -0.1) is 10.2 Å². The Morgan fingerprint density at radius 1 is 1.04 bits per heavy atom. The zero-order valence-corrected chi connectivity index (χ0v) is 13.9. The summed E-state index contributed by atoms with van der Waals surface area (Å²) in [6.45, 7) is 0. The first-order valence-electron chi connectivity index (χ1n) is 6.47. The Labute approximate surface area is 146 Å². The van der Waals surface area contributed by atoms with Gasteiger partial charge in [-0.3, -0.25) is 5.43 Å². The monoisotopic (exact) mass is 364 g/mol. The zero-order chi connectivity index (χ0) is 16.1. The van der Waals surface area contributed by atoms with E-state index < -0.39 is 0 Å². The summed E-state index contributed by atoms with van der Waals surface area (Å²) in [5, 5.41) is 16.2. The van der Waals surface area contributed by atoms with Crippen molar-refractivity contribution in [3.8, 4) is 0 Å². The topological polar surface area (TPSA) is 75.1 Å². The second-order valence-electron chi connectivity index (χ2n) is 4.28. The van der Waals surface area contributed by atoms with Crippen LogP contribution in [-0.4, -0.2) is 21.4 Å². The molecule has 2 heterocycles. The number of rotatable bonds is 5. The summed E-state index contributed by atoms with van der Waals surface area (Å²) in [7, 11) is 0. The van der Waals surface area contributed by atoms with E-state index in [1.807, 2.05) is 30.3 Å². The fourth-order valence-electron chi connectivity index (χ4n) is 1.62. The Hall–Kier alpha value is -2.22. The number of aromatic nitrogens is 3. The van der Waals surface area contributed by atoms with Gasteiger partial charge in [-0.2, -0.15) is 5.10 Å². The number of hydrogen-bond acceptors (Lipinski definition) is 7. The number of hydrazone groups is 1. The zero-order valence-electron chi connectivity index (χ0n) is 11.6. The Balaban J connectivity index is 1.66. The van der Waals surface area contributed by atoms with Gasteiger partial charge in [0.15, 0.2) is 21.3 Å². The van der Waals surface area contributed by atoms with Gasteiger partial charge in [0, 0.05) is 5.69 Å². The molecule has 2 aromatic heterocycles. The van der Waals surface area contributed by atoms with E-state index in [-0.39, 0.29) is 0 Å². The normalized spacial score (nSPS) is 10.9. The quantitative estimate of drug-likeness (QED) is 0.517. The Morgan fingerprint density at radius 2 is 1.87 bits per heavy atom. The molecule has 9 heteroatoms. The third-order valence-electron chi connectivity index (χ3n) is 2.63. The molecule has 0 bridgehead atoms. The van der Waals surface area contributed by atoms with Crippen molar-refractivity contribution in [3.05, 3.63) is 57.6 Å². The number of nitrogens with zero attached hydrogens (tertiary/aromatic N) is 4. The van der Waals surface area contributed by atoms with Gasteiger partial charge in [0.25, 0.3) is 0 Å². The second-order valence-corrected chi connectivity index (χ2v) is 6.05. The van der Waals surface area contributed by atoms with E-state index in [2.05, 4.69) is 31.0 Å². The van der Waals surface area contributed by atoms with Crippen LogP contribution in [0.25, 0.3) is 0 Å². The summed E-state index contributed by atoms with van der Waals surface area (Å²) in [5.74, 6) is 0.480.